The maximum absolute atomic E-state index is 12.6. The first-order chi connectivity index (χ1) is 11.1. The van der Waals surface area contributed by atoms with Crippen molar-refractivity contribution in [2.75, 3.05) is 6.54 Å². The van der Waals surface area contributed by atoms with Crippen molar-refractivity contribution >= 4 is 16.8 Å². The lowest BCUT2D eigenvalue weighted by Crippen LogP contribution is -2.65. The lowest BCUT2D eigenvalue weighted by molar-refractivity contribution is -0.0844. The van der Waals surface area contributed by atoms with E-state index in [9.17, 15) is 4.79 Å². The van der Waals surface area contributed by atoms with Crippen LogP contribution in [-0.4, -0.2) is 23.2 Å². The van der Waals surface area contributed by atoms with Crippen molar-refractivity contribution in [3.63, 3.8) is 0 Å². The van der Waals surface area contributed by atoms with E-state index in [1.165, 1.54) is 18.2 Å². The lowest BCUT2D eigenvalue weighted by atomic mass is 9.88. The van der Waals surface area contributed by atoms with Crippen molar-refractivity contribution in [3.8, 4) is 5.75 Å². The number of hydrogen-bond donors (Lipinski definition) is 1. The van der Waals surface area contributed by atoms with Crippen molar-refractivity contribution in [3.05, 3.63) is 42.0 Å². The lowest BCUT2D eigenvalue weighted by Gasteiger charge is -2.51. The number of amides is 2. The first kappa shape index (κ1) is 13.2. The Bertz CT molecular complexity index is 814. The smallest absolute Gasteiger partial charge is 0.320 e. The minimum Gasteiger partial charge on any atom is -0.467 e. The van der Waals surface area contributed by atoms with E-state index < -0.39 is 5.72 Å². The number of nitrogens with one attached hydrogen (secondary N) is 1. The maximum atomic E-state index is 12.6. The van der Waals surface area contributed by atoms with Gasteiger partial charge in [0.1, 0.15) is 5.75 Å². The number of carbonyl (C=O) groups is 1. The second kappa shape index (κ2) is 4.40. The summed E-state index contributed by atoms with van der Waals surface area (Å²) in [5.74, 6) is 1.58. The van der Waals surface area contributed by atoms with Gasteiger partial charge in [-0.25, -0.2) is 4.79 Å². The van der Waals surface area contributed by atoms with Gasteiger partial charge in [-0.2, -0.15) is 0 Å². The molecule has 0 aromatic heterocycles. The molecule has 1 aliphatic carbocycles. The molecule has 0 radical (unpaired) electrons. The molecule has 5 rings (SSSR count). The number of fused-ring (bicyclic) bond motifs is 6. The summed E-state index contributed by atoms with van der Waals surface area (Å²) < 4.78 is 6.48. The van der Waals surface area contributed by atoms with Gasteiger partial charge in [0, 0.05) is 23.9 Å². The summed E-state index contributed by atoms with van der Waals surface area (Å²) in [6.45, 7) is 2.86. The average molecular weight is 308 g/mol. The van der Waals surface area contributed by atoms with Gasteiger partial charge in [-0.1, -0.05) is 36.4 Å². The monoisotopic (exact) mass is 308 g/mol. The highest BCUT2D eigenvalue weighted by Crippen LogP contribution is 2.47. The van der Waals surface area contributed by atoms with Gasteiger partial charge in [0.15, 0.2) is 5.72 Å². The Hall–Kier alpha value is -2.23. The molecular formula is C19H20N2O2. The second-order valence-electron chi connectivity index (χ2n) is 7.24. The van der Waals surface area contributed by atoms with E-state index in [1.54, 1.807) is 0 Å². The molecular weight excluding hydrogens is 288 g/mol. The number of urea groups is 1. The molecule has 1 saturated heterocycles. The number of benzene rings is 2. The molecule has 4 nitrogen and oxygen atoms in total. The molecule has 2 atom stereocenters. The van der Waals surface area contributed by atoms with E-state index in [-0.39, 0.29) is 12.1 Å². The molecule has 118 valence electrons. The summed E-state index contributed by atoms with van der Waals surface area (Å²) in [6.07, 6.45) is 3.25. The van der Waals surface area contributed by atoms with E-state index in [4.69, 9.17) is 4.74 Å². The molecule has 4 heteroatoms. The Kier molecular flexibility index (Phi) is 2.53. The summed E-state index contributed by atoms with van der Waals surface area (Å²) in [5, 5.41) is 5.49. The SMILES string of the molecule is CC12CC(NC(=O)N1CC1CC1)c1ccc3ccccc3c1O2. The molecule has 23 heavy (non-hydrogen) atoms. The van der Waals surface area contributed by atoms with Crippen molar-refractivity contribution in [1.29, 1.82) is 0 Å². The van der Waals surface area contributed by atoms with Gasteiger partial charge in [-0.15, -0.1) is 0 Å². The van der Waals surface area contributed by atoms with Crippen LogP contribution in [0.2, 0.25) is 0 Å². The largest absolute Gasteiger partial charge is 0.467 e. The fourth-order valence-corrected chi connectivity index (χ4v) is 3.97. The summed E-state index contributed by atoms with van der Waals surface area (Å²) in [4.78, 5) is 14.5. The number of nitrogens with zero attached hydrogens (tertiary/aromatic N) is 1. The molecule has 2 amide bonds. The number of rotatable bonds is 2. The molecule has 1 N–H and O–H groups in total. The van der Waals surface area contributed by atoms with Crippen LogP contribution in [-0.2, 0) is 0 Å². The van der Waals surface area contributed by atoms with Gasteiger partial charge >= 0.3 is 6.03 Å². The molecule has 0 spiro atoms. The quantitative estimate of drug-likeness (QED) is 0.916. The van der Waals surface area contributed by atoms with Gasteiger partial charge in [-0.3, -0.25) is 4.90 Å². The van der Waals surface area contributed by atoms with Crippen LogP contribution in [0, 0.1) is 5.92 Å². The normalized spacial score (nSPS) is 29.0. The van der Waals surface area contributed by atoms with E-state index >= 15 is 0 Å². The zero-order valence-electron chi connectivity index (χ0n) is 13.2. The van der Waals surface area contributed by atoms with Crippen molar-refractivity contribution in [2.45, 2.75) is 38.0 Å². The molecule has 2 aromatic rings. The Labute approximate surface area is 135 Å². The van der Waals surface area contributed by atoms with Crippen molar-refractivity contribution in [2.24, 2.45) is 5.92 Å². The van der Waals surface area contributed by atoms with Gasteiger partial charge < -0.3 is 10.1 Å². The number of hydrogen-bond acceptors (Lipinski definition) is 2. The first-order valence-corrected chi connectivity index (χ1v) is 8.43. The minimum absolute atomic E-state index is 0.00876. The highest BCUT2D eigenvalue weighted by Gasteiger charge is 2.50. The highest BCUT2D eigenvalue weighted by atomic mass is 16.5. The van der Waals surface area contributed by atoms with E-state index in [2.05, 4.69) is 36.5 Å². The number of carbonyl (C=O) groups excluding carboxylic acids is 1. The van der Waals surface area contributed by atoms with Crippen LogP contribution >= 0.6 is 0 Å². The van der Waals surface area contributed by atoms with Gasteiger partial charge in [-0.05, 0) is 31.1 Å². The van der Waals surface area contributed by atoms with Crippen molar-refractivity contribution < 1.29 is 9.53 Å². The van der Waals surface area contributed by atoms with Crippen molar-refractivity contribution in [1.82, 2.24) is 10.2 Å². The molecule has 2 aliphatic heterocycles. The van der Waals surface area contributed by atoms with Crippen LogP contribution in [0.15, 0.2) is 36.4 Å². The molecule has 2 aromatic carbocycles. The van der Waals surface area contributed by atoms with Crippen LogP contribution < -0.4 is 10.1 Å². The Morgan fingerprint density at radius 1 is 1.26 bits per heavy atom. The summed E-state index contributed by atoms with van der Waals surface area (Å²) in [7, 11) is 0. The minimum atomic E-state index is -0.549. The standard InChI is InChI=1S/C19H20N2O2/c1-19-10-16(20-18(22)21(19)11-12-6-7-12)15-9-8-13-4-2-3-5-14(13)17(15)23-19/h2-5,8-9,12,16H,6-7,10-11H2,1H3,(H,20,22). The highest BCUT2D eigenvalue weighted by molar-refractivity contribution is 5.90. The van der Waals surface area contributed by atoms with Gasteiger partial charge in [0.05, 0.1) is 6.04 Å². The van der Waals surface area contributed by atoms with E-state index in [1.807, 2.05) is 17.0 Å². The Morgan fingerprint density at radius 2 is 2.09 bits per heavy atom. The Balaban J connectivity index is 1.64. The third-order valence-corrected chi connectivity index (χ3v) is 5.44. The molecule has 2 bridgehead atoms. The maximum Gasteiger partial charge on any atom is 0.320 e. The van der Waals surface area contributed by atoms with Crippen LogP contribution in [0.4, 0.5) is 4.79 Å². The van der Waals surface area contributed by atoms with Crippen LogP contribution in [0.3, 0.4) is 0 Å². The molecule has 2 unspecified atom stereocenters. The van der Waals surface area contributed by atoms with Crippen LogP contribution in [0.5, 0.6) is 5.75 Å². The second-order valence-corrected chi connectivity index (χ2v) is 7.24. The molecule has 2 heterocycles. The van der Waals surface area contributed by atoms with E-state index in [0.717, 1.165) is 29.7 Å². The number of ether oxygens (including phenoxy) is 1. The Morgan fingerprint density at radius 3 is 2.91 bits per heavy atom. The fraction of sp³-hybridized carbons (Fsp3) is 0.421. The third-order valence-electron chi connectivity index (χ3n) is 5.44. The van der Waals surface area contributed by atoms with Gasteiger partial charge in [0.2, 0.25) is 0 Å². The summed E-state index contributed by atoms with van der Waals surface area (Å²) in [6, 6.07) is 12.5. The zero-order valence-corrected chi connectivity index (χ0v) is 13.2. The third kappa shape index (κ3) is 1.94. The van der Waals surface area contributed by atoms with Crippen LogP contribution in [0.25, 0.3) is 10.8 Å². The molecule has 3 aliphatic rings. The topological polar surface area (TPSA) is 41.6 Å². The fourth-order valence-electron chi connectivity index (χ4n) is 3.97. The van der Waals surface area contributed by atoms with Crippen LogP contribution in [0.1, 0.15) is 37.8 Å². The zero-order chi connectivity index (χ0) is 15.6. The first-order valence-electron chi connectivity index (χ1n) is 8.43. The predicted molar refractivity (Wildman–Crippen MR) is 88.3 cm³/mol. The average Bonchev–Trinajstić information content (AvgIpc) is 3.35. The molecule has 1 saturated carbocycles. The summed E-state index contributed by atoms with van der Waals surface area (Å²) in [5.41, 5.74) is 0.549. The summed E-state index contributed by atoms with van der Waals surface area (Å²) >= 11 is 0. The predicted octanol–water partition coefficient (Wildman–Crippen LogP) is 3.81. The van der Waals surface area contributed by atoms with E-state index in [0.29, 0.717) is 5.92 Å². The van der Waals surface area contributed by atoms with Gasteiger partial charge in [0.25, 0.3) is 0 Å². The molecule has 2 fully saturated rings.